The maximum absolute atomic E-state index is 4.37. The van der Waals surface area contributed by atoms with Gasteiger partial charge in [0, 0.05) is 24.2 Å². The fourth-order valence-electron chi connectivity index (χ4n) is 3.98. The molecule has 2 bridgehead atoms. The van der Waals surface area contributed by atoms with Crippen LogP contribution in [0, 0.1) is 11.8 Å². The summed E-state index contributed by atoms with van der Waals surface area (Å²) in [6, 6.07) is 11.5. The van der Waals surface area contributed by atoms with Crippen LogP contribution in [0.4, 0.5) is 0 Å². The molecular weight excluding hydrogens is 232 g/mol. The number of nitrogens with zero attached hydrogens (tertiary/aromatic N) is 1. The summed E-state index contributed by atoms with van der Waals surface area (Å²) in [5, 5.41) is 5.02. The lowest BCUT2D eigenvalue weighted by Crippen LogP contribution is -2.33. The second-order valence-electron chi connectivity index (χ2n) is 6.19. The van der Waals surface area contributed by atoms with Gasteiger partial charge in [0.25, 0.3) is 0 Å². The average molecular weight is 252 g/mol. The first-order chi connectivity index (χ1) is 9.38. The monoisotopic (exact) mass is 252 g/mol. The summed E-state index contributed by atoms with van der Waals surface area (Å²) in [5.74, 6) is 1.97. The number of benzene rings is 1. The van der Waals surface area contributed by atoms with E-state index in [4.69, 9.17) is 0 Å². The number of aromatic nitrogens is 1. The van der Waals surface area contributed by atoms with Crippen LogP contribution in [0.1, 0.15) is 31.2 Å². The summed E-state index contributed by atoms with van der Waals surface area (Å²) < 4.78 is 0. The van der Waals surface area contributed by atoms with Gasteiger partial charge in [0.05, 0.1) is 5.52 Å². The highest BCUT2D eigenvalue weighted by Gasteiger charge is 2.38. The van der Waals surface area contributed by atoms with Crippen molar-refractivity contribution < 1.29 is 0 Å². The Bertz CT molecular complexity index is 593. The van der Waals surface area contributed by atoms with Crippen molar-refractivity contribution in [3.05, 3.63) is 42.1 Å². The molecule has 0 spiro atoms. The van der Waals surface area contributed by atoms with Crippen molar-refractivity contribution in [2.24, 2.45) is 11.8 Å². The minimum Gasteiger partial charge on any atom is -0.310 e. The van der Waals surface area contributed by atoms with Gasteiger partial charge in [0.2, 0.25) is 0 Å². The highest BCUT2D eigenvalue weighted by molar-refractivity contribution is 5.78. The van der Waals surface area contributed by atoms with Crippen molar-refractivity contribution in [3.8, 4) is 0 Å². The summed E-state index contributed by atoms with van der Waals surface area (Å²) in [7, 11) is 0. The molecule has 1 aromatic carbocycles. The molecule has 4 rings (SSSR count). The Morgan fingerprint density at radius 1 is 1.16 bits per heavy atom. The topological polar surface area (TPSA) is 24.9 Å². The van der Waals surface area contributed by atoms with Crippen LogP contribution in [0.25, 0.3) is 10.9 Å². The number of hydrogen-bond donors (Lipinski definition) is 1. The standard InChI is InChI=1S/C17H20N2/c1-2-14-9-13(4-6-16(14)18-7-1)11-19-17-10-12-3-5-15(17)8-12/h1-2,4,6-7,9,12,15,17,19H,3,5,8,10-11H2. The Labute approximate surface area is 114 Å². The van der Waals surface area contributed by atoms with Gasteiger partial charge in [-0.25, -0.2) is 0 Å². The normalized spacial score (nSPS) is 29.2. The molecule has 2 aliphatic rings. The first-order valence-corrected chi connectivity index (χ1v) is 7.45. The predicted octanol–water partition coefficient (Wildman–Crippen LogP) is 3.51. The van der Waals surface area contributed by atoms with Crippen LogP contribution < -0.4 is 5.32 Å². The van der Waals surface area contributed by atoms with Crippen molar-refractivity contribution in [1.29, 1.82) is 0 Å². The quantitative estimate of drug-likeness (QED) is 0.904. The summed E-state index contributed by atoms with van der Waals surface area (Å²) in [6.07, 6.45) is 7.66. The molecule has 2 aliphatic carbocycles. The van der Waals surface area contributed by atoms with Gasteiger partial charge in [-0.3, -0.25) is 4.98 Å². The molecule has 2 aromatic rings. The Morgan fingerprint density at radius 2 is 2.16 bits per heavy atom. The first kappa shape index (κ1) is 11.4. The Kier molecular flexibility index (Phi) is 2.77. The van der Waals surface area contributed by atoms with E-state index in [9.17, 15) is 0 Å². The highest BCUT2D eigenvalue weighted by Crippen LogP contribution is 2.44. The van der Waals surface area contributed by atoms with Gasteiger partial charge in [-0.05, 0) is 54.9 Å². The fourth-order valence-corrected chi connectivity index (χ4v) is 3.98. The van der Waals surface area contributed by atoms with Crippen molar-refractivity contribution in [2.75, 3.05) is 0 Å². The zero-order valence-electron chi connectivity index (χ0n) is 11.2. The molecule has 98 valence electrons. The molecule has 3 atom stereocenters. The summed E-state index contributed by atoms with van der Waals surface area (Å²) in [6.45, 7) is 0.999. The number of nitrogens with one attached hydrogen (secondary N) is 1. The zero-order valence-corrected chi connectivity index (χ0v) is 11.2. The van der Waals surface area contributed by atoms with E-state index in [0.717, 1.165) is 29.9 Å². The smallest absolute Gasteiger partial charge is 0.0702 e. The van der Waals surface area contributed by atoms with Crippen molar-refractivity contribution in [2.45, 2.75) is 38.3 Å². The lowest BCUT2D eigenvalue weighted by Gasteiger charge is -2.23. The molecule has 1 N–H and O–H groups in total. The molecule has 1 heterocycles. The molecule has 2 heteroatoms. The van der Waals surface area contributed by atoms with E-state index in [1.807, 2.05) is 12.3 Å². The van der Waals surface area contributed by atoms with Gasteiger partial charge < -0.3 is 5.32 Å². The predicted molar refractivity (Wildman–Crippen MR) is 77.8 cm³/mol. The third kappa shape index (κ3) is 2.14. The minimum atomic E-state index is 0.767. The summed E-state index contributed by atoms with van der Waals surface area (Å²) >= 11 is 0. The van der Waals surface area contributed by atoms with Crippen molar-refractivity contribution >= 4 is 10.9 Å². The molecule has 2 saturated carbocycles. The fraction of sp³-hybridized carbons (Fsp3) is 0.471. The largest absolute Gasteiger partial charge is 0.310 e. The first-order valence-electron chi connectivity index (χ1n) is 7.45. The number of pyridine rings is 1. The van der Waals surface area contributed by atoms with E-state index in [2.05, 4.69) is 34.6 Å². The van der Waals surface area contributed by atoms with E-state index in [1.54, 1.807) is 0 Å². The van der Waals surface area contributed by atoms with Crippen LogP contribution >= 0.6 is 0 Å². The maximum Gasteiger partial charge on any atom is 0.0702 e. The lowest BCUT2D eigenvalue weighted by atomic mass is 9.95. The Balaban J connectivity index is 1.46. The molecule has 0 aliphatic heterocycles. The highest BCUT2D eigenvalue weighted by atomic mass is 14.9. The summed E-state index contributed by atoms with van der Waals surface area (Å²) in [4.78, 5) is 4.37. The molecule has 0 saturated heterocycles. The van der Waals surface area contributed by atoms with Gasteiger partial charge in [-0.1, -0.05) is 18.6 Å². The van der Waals surface area contributed by atoms with E-state index in [-0.39, 0.29) is 0 Å². The van der Waals surface area contributed by atoms with Crippen molar-refractivity contribution in [3.63, 3.8) is 0 Å². The van der Waals surface area contributed by atoms with Crippen LogP contribution in [0.3, 0.4) is 0 Å². The van der Waals surface area contributed by atoms with Crippen LogP contribution in [0.5, 0.6) is 0 Å². The Hall–Kier alpha value is -1.41. The van der Waals surface area contributed by atoms with Crippen molar-refractivity contribution in [1.82, 2.24) is 10.3 Å². The molecule has 19 heavy (non-hydrogen) atoms. The third-order valence-electron chi connectivity index (χ3n) is 4.97. The third-order valence-corrected chi connectivity index (χ3v) is 4.97. The van der Waals surface area contributed by atoms with Gasteiger partial charge in [0.1, 0.15) is 0 Å². The molecule has 1 aromatic heterocycles. The maximum atomic E-state index is 4.37. The molecular formula is C17H20N2. The molecule has 2 nitrogen and oxygen atoms in total. The lowest BCUT2D eigenvalue weighted by molar-refractivity contribution is 0.351. The number of rotatable bonds is 3. The van der Waals surface area contributed by atoms with E-state index >= 15 is 0 Å². The van der Waals surface area contributed by atoms with E-state index in [0.29, 0.717) is 0 Å². The van der Waals surface area contributed by atoms with Crippen LogP contribution in [-0.2, 0) is 6.54 Å². The van der Waals surface area contributed by atoms with E-state index < -0.39 is 0 Å². The molecule has 2 fully saturated rings. The molecule has 3 unspecified atom stereocenters. The van der Waals surface area contributed by atoms with E-state index in [1.165, 1.54) is 36.6 Å². The number of fused-ring (bicyclic) bond motifs is 3. The SMILES string of the molecule is c1cnc2ccc(CNC3CC4CCC3C4)cc2c1. The van der Waals surface area contributed by atoms with Crippen LogP contribution in [0.15, 0.2) is 36.5 Å². The second-order valence-corrected chi connectivity index (χ2v) is 6.19. The second kappa shape index (κ2) is 4.61. The van der Waals surface area contributed by atoms with Gasteiger partial charge in [-0.15, -0.1) is 0 Å². The van der Waals surface area contributed by atoms with Gasteiger partial charge in [0.15, 0.2) is 0 Å². The molecule has 0 radical (unpaired) electrons. The summed E-state index contributed by atoms with van der Waals surface area (Å²) in [5.41, 5.74) is 2.47. The zero-order chi connectivity index (χ0) is 12.7. The van der Waals surface area contributed by atoms with Crippen LogP contribution in [-0.4, -0.2) is 11.0 Å². The average Bonchev–Trinajstić information content (AvgIpc) is 3.07. The van der Waals surface area contributed by atoms with Gasteiger partial charge in [-0.2, -0.15) is 0 Å². The minimum absolute atomic E-state index is 0.767. The Morgan fingerprint density at radius 3 is 3.00 bits per heavy atom. The molecule has 0 amide bonds. The number of hydrogen-bond acceptors (Lipinski definition) is 2. The van der Waals surface area contributed by atoms with Gasteiger partial charge >= 0.3 is 0 Å². The van der Waals surface area contributed by atoms with Crippen LogP contribution in [0.2, 0.25) is 0 Å².